The summed E-state index contributed by atoms with van der Waals surface area (Å²) in [6.45, 7) is 7.04. The number of furan rings is 1. The summed E-state index contributed by atoms with van der Waals surface area (Å²) >= 11 is 0. The Bertz CT molecular complexity index is 771. The van der Waals surface area contributed by atoms with E-state index in [9.17, 15) is 22.8 Å². The van der Waals surface area contributed by atoms with Crippen LogP contribution in [0, 0.1) is 0 Å². The molecule has 0 aliphatic carbocycles. The number of carboxylic acids is 1. The first-order valence-electron chi connectivity index (χ1n) is 9.27. The molecular formula is C19H24F3N3O5. The maximum absolute atomic E-state index is 12.9. The predicted molar refractivity (Wildman–Crippen MR) is 99.7 cm³/mol. The van der Waals surface area contributed by atoms with E-state index in [2.05, 4.69) is 11.5 Å². The highest BCUT2D eigenvalue weighted by molar-refractivity contribution is 5.92. The van der Waals surface area contributed by atoms with Crippen LogP contribution in [0.2, 0.25) is 0 Å². The summed E-state index contributed by atoms with van der Waals surface area (Å²) in [6.07, 6.45) is -0.498. The van der Waals surface area contributed by atoms with Gasteiger partial charge in [0.2, 0.25) is 5.91 Å². The minimum absolute atomic E-state index is 0.0984. The van der Waals surface area contributed by atoms with Gasteiger partial charge in [-0.25, -0.2) is 4.79 Å². The molecule has 2 saturated heterocycles. The van der Waals surface area contributed by atoms with E-state index in [1.54, 1.807) is 23.1 Å². The van der Waals surface area contributed by atoms with E-state index in [0.717, 1.165) is 13.1 Å². The second-order valence-electron chi connectivity index (χ2n) is 7.07. The molecule has 2 amide bonds. The molecule has 2 aliphatic heterocycles. The first-order chi connectivity index (χ1) is 14.0. The Kier molecular flexibility index (Phi) is 7.30. The summed E-state index contributed by atoms with van der Waals surface area (Å²) in [7, 11) is 2.01. The van der Waals surface area contributed by atoms with Gasteiger partial charge in [-0.3, -0.25) is 14.5 Å². The van der Waals surface area contributed by atoms with Crippen molar-refractivity contribution in [2.75, 3.05) is 39.8 Å². The second kappa shape index (κ2) is 9.33. The van der Waals surface area contributed by atoms with E-state index in [4.69, 9.17) is 14.3 Å². The van der Waals surface area contributed by atoms with E-state index in [0.29, 0.717) is 38.2 Å². The molecule has 8 nitrogen and oxygen atoms in total. The number of carbonyl (C=O) groups excluding carboxylic acids is 2. The van der Waals surface area contributed by atoms with Crippen molar-refractivity contribution in [3.63, 3.8) is 0 Å². The maximum Gasteiger partial charge on any atom is 0.490 e. The molecule has 2 fully saturated rings. The van der Waals surface area contributed by atoms with Crippen LogP contribution in [0.15, 0.2) is 35.5 Å². The Morgan fingerprint density at radius 3 is 2.33 bits per heavy atom. The highest BCUT2D eigenvalue weighted by atomic mass is 19.4. The number of hydrogen-bond acceptors (Lipinski definition) is 5. The summed E-state index contributed by atoms with van der Waals surface area (Å²) in [5.41, 5.74) is -0.485. The molecule has 1 aromatic heterocycles. The SMILES string of the molecule is C=CCN1CCN(C)C2(CCN(C(=O)c3ccco3)CC2)C1=O.O=C(O)C(F)(F)F. The molecule has 1 N–H and O–H groups in total. The monoisotopic (exact) mass is 431 g/mol. The van der Waals surface area contributed by atoms with Crippen LogP contribution >= 0.6 is 0 Å². The van der Waals surface area contributed by atoms with E-state index < -0.39 is 17.7 Å². The Balaban J connectivity index is 0.000000396. The summed E-state index contributed by atoms with van der Waals surface area (Å²) in [4.78, 5) is 40.0. The lowest BCUT2D eigenvalue weighted by Gasteiger charge is -2.51. The molecule has 1 aromatic rings. The van der Waals surface area contributed by atoms with Gasteiger partial charge in [0.15, 0.2) is 5.76 Å². The van der Waals surface area contributed by atoms with Crippen molar-refractivity contribution >= 4 is 17.8 Å². The first-order valence-corrected chi connectivity index (χ1v) is 9.27. The third kappa shape index (κ3) is 5.02. The maximum atomic E-state index is 12.9. The summed E-state index contributed by atoms with van der Waals surface area (Å²) in [5, 5.41) is 7.12. The predicted octanol–water partition coefficient (Wildman–Crippen LogP) is 1.85. The van der Waals surface area contributed by atoms with Crippen LogP contribution in [0.25, 0.3) is 0 Å². The molecule has 0 unspecified atom stereocenters. The van der Waals surface area contributed by atoms with Gasteiger partial charge in [0, 0.05) is 32.7 Å². The van der Waals surface area contributed by atoms with Crippen LogP contribution < -0.4 is 0 Å². The van der Waals surface area contributed by atoms with Gasteiger partial charge in [0.05, 0.1) is 6.26 Å². The lowest BCUT2D eigenvalue weighted by Crippen LogP contribution is -2.67. The molecule has 0 atom stereocenters. The minimum atomic E-state index is -5.08. The Morgan fingerprint density at radius 2 is 1.87 bits per heavy atom. The van der Waals surface area contributed by atoms with E-state index in [1.165, 1.54) is 6.26 Å². The number of aliphatic carboxylic acids is 1. The van der Waals surface area contributed by atoms with Crippen LogP contribution in [0.5, 0.6) is 0 Å². The zero-order valence-electron chi connectivity index (χ0n) is 16.5. The number of halogens is 3. The molecule has 166 valence electrons. The first kappa shape index (κ1) is 23.5. The van der Waals surface area contributed by atoms with Crippen LogP contribution in [-0.4, -0.2) is 89.1 Å². The van der Waals surface area contributed by atoms with E-state index >= 15 is 0 Å². The largest absolute Gasteiger partial charge is 0.490 e. The lowest BCUT2D eigenvalue weighted by molar-refractivity contribution is -0.192. The number of carbonyl (C=O) groups is 3. The average Bonchev–Trinajstić information content (AvgIpc) is 3.23. The number of amides is 2. The quantitative estimate of drug-likeness (QED) is 0.735. The zero-order chi connectivity index (χ0) is 22.5. The topological polar surface area (TPSA) is 94.3 Å². The minimum Gasteiger partial charge on any atom is -0.475 e. The molecule has 3 rings (SSSR count). The standard InChI is InChI=1S/C17H23N3O3.C2HF3O2/c1-3-8-20-12-11-18(2)17(16(20)22)6-9-19(10-7-17)15(21)14-5-4-13-23-14;3-2(4,5)1(6)7/h3-5,13H,1,6-12H2,2H3;(H,6,7). The van der Waals surface area contributed by atoms with Crippen LogP contribution in [0.3, 0.4) is 0 Å². The van der Waals surface area contributed by atoms with Crippen LogP contribution in [0.1, 0.15) is 23.4 Å². The number of likely N-dealkylation sites (tertiary alicyclic amines) is 1. The summed E-state index contributed by atoms with van der Waals surface area (Å²) in [6, 6.07) is 3.39. The van der Waals surface area contributed by atoms with Gasteiger partial charge in [-0.2, -0.15) is 13.2 Å². The second-order valence-corrected chi connectivity index (χ2v) is 7.07. The number of rotatable bonds is 3. The summed E-state index contributed by atoms with van der Waals surface area (Å²) < 4.78 is 36.9. The highest BCUT2D eigenvalue weighted by Gasteiger charge is 2.49. The van der Waals surface area contributed by atoms with Crippen molar-refractivity contribution in [1.29, 1.82) is 0 Å². The lowest BCUT2D eigenvalue weighted by atomic mass is 9.82. The van der Waals surface area contributed by atoms with Gasteiger partial charge in [-0.05, 0) is 32.0 Å². The number of nitrogens with zero attached hydrogens (tertiary/aromatic N) is 3. The number of hydrogen-bond donors (Lipinski definition) is 1. The van der Waals surface area contributed by atoms with Gasteiger partial charge in [0.1, 0.15) is 5.54 Å². The third-order valence-electron chi connectivity index (χ3n) is 5.32. The van der Waals surface area contributed by atoms with Crippen molar-refractivity contribution in [3.8, 4) is 0 Å². The molecule has 2 aliphatic rings. The van der Waals surface area contributed by atoms with Crippen molar-refractivity contribution in [1.82, 2.24) is 14.7 Å². The highest BCUT2D eigenvalue weighted by Crippen LogP contribution is 2.33. The van der Waals surface area contributed by atoms with E-state index in [-0.39, 0.29) is 11.8 Å². The van der Waals surface area contributed by atoms with Gasteiger partial charge < -0.3 is 19.3 Å². The fourth-order valence-electron chi connectivity index (χ4n) is 3.61. The Labute approximate surface area is 171 Å². The number of alkyl halides is 3. The van der Waals surface area contributed by atoms with Crippen LogP contribution in [-0.2, 0) is 9.59 Å². The van der Waals surface area contributed by atoms with Gasteiger partial charge >= 0.3 is 12.1 Å². The molecule has 3 heterocycles. The molecule has 0 aromatic carbocycles. The third-order valence-corrected chi connectivity index (χ3v) is 5.32. The van der Waals surface area contributed by atoms with Crippen molar-refractivity contribution in [3.05, 3.63) is 36.8 Å². The van der Waals surface area contributed by atoms with Gasteiger partial charge in [-0.1, -0.05) is 6.08 Å². The van der Waals surface area contributed by atoms with Gasteiger partial charge in [0.25, 0.3) is 5.91 Å². The Morgan fingerprint density at radius 1 is 1.27 bits per heavy atom. The number of piperazine rings is 1. The molecule has 30 heavy (non-hydrogen) atoms. The number of piperidine rings is 1. The molecule has 0 bridgehead atoms. The smallest absolute Gasteiger partial charge is 0.475 e. The van der Waals surface area contributed by atoms with Crippen molar-refractivity contribution in [2.24, 2.45) is 0 Å². The molecule has 1 spiro atoms. The van der Waals surface area contributed by atoms with Crippen molar-refractivity contribution < 1.29 is 37.1 Å². The molecular weight excluding hydrogens is 407 g/mol. The van der Waals surface area contributed by atoms with Gasteiger partial charge in [-0.15, -0.1) is 6.58 Å². The van der Waals surface area contributed by atoms with Crippen molar-refractivity contribution in [2.45, 2.75) is 24.6 Å². The fraction of sp³-hybridized carbons (Fsp3) is 0.526. The van der Waals surface area contributed by atoms with Crippen LogP contribution in [0.4, 0.5) is 13.2 Å². The average molecular weight is 431 g/mol. The Hall–Kier alpha value is -2.82. The molecule has 0 radical (unpaired) electrons. The zero-order valence-corrected chi connectivity index (χ0v) is 16.5. The van der Waals surface area contributed by atoms with E-state index in [1.807, 2.05) is 11.9 Å². The summed E-state index contributed by atoms with van der Waals surface area (Å²) in [5.74, 6) is -2.33. The fourth-order valence-corrected chi connectivity index (χ4v) is 3.61. The number of carboxylic acid groups (broad SMARTS) is 1. The molecule has 0 saturated carbocycles. The number of likely N-dealkylation sites (N-methyl/N-ethyl adjacent to an activating group) is 1. The normalized spacial score (nSPS) is 19.3. The molecule has 11 heteroatoms.